The molecule has 0 radical (unpaired) electrons. The van der Waals surface area contributed by atoms with Crippen molar-refractivity contribution in [3.63, 3.8) is 0 Å². The number of fused-ring (bicyclic) bond motifs is 5. The Balaban J connectivity index is 1.39. The Morgan fingerprint density at radius 2 is 1.48 bits per heavy atom. The van der Waals surface area contributed by atoms with Gasteiger partial charge in [-0.2, -0.15) is 0 Å². The number of aliphatic hydroxyl groups is 3. The minimum Gasteiger partial charge on any atom is -0.457 e. The van der Waals surface area contributed by atoms with Crippen LogP contribution in [0.4, 0.5) is 0 Å². The number of esters is 3. The van der Waals surface area contributed by atoms with Crippen LogP contribution in [0, 0.1) is 22.7 Å². The first-order valence-electron chi connectivity index (χ1n) is 21.4. The summed E-state index contributed by atoms with van der Waals surface area (Å²) < 4.78 is 31.5. The van der Waals surface area contributed by atoms with E-state index in [0.29, 0.717) is 12.1 Å². The Morgan fingerprint density at radius 1 is 0.887 bits per heavy atom. The molecular formula is C49H59NO12. The van der Waals surface area contributed by atoms with Crippen molar-refractivity contribution in [1.82, 2.24) is 5.32 Å². The third kappa shape index (κ3) is 7.81. The van der Waals surface area contributed by atoms with Crippen molar-refractivity contribution in [3.8, 4) is 0 Å². The van der Waals surface area contributed by atoms with Crippen molar-refractivity contribution >= 4 is 23.7 Å². The standard InChI is InChI=1S/C49H59NO12/c1-28-35(61-45(56)38(29(2)51)40(34-21-15-10-16-22-34)50-25-32-17-11-8-12-18-32)24-49(57)44(58-26-33-19-13-9-14-20-33)42-47(7,36(54)23-37-48(42,27-59-37)62-31(4)53)43(55)41(60-30(3)52)39(28)46(49,5)6/h8-22,29,35-38,40-42,44,50-51,54,57H,23-27H2,1-7H3/t29-,35-,36-,37+,38?,40-,41+,42-,44-,47+,48-,49+/m0/s1. The average molecular weight is 854 g/mol. The largest absolute Gasteiger partial charge is 0.457 e. The number of nitrogens with one attached hydrogen (secondary N) is 1. The van der Waals surface area contributed by atoms with Gasteiger partial charge in [0.15, 0.2) is 17.5 Å². The molecule has 3 aromatic rings. The van der Waals surface area contributed by atoms with Gasteiger partial charge in [0.25, 0.3) is 0 Å². The van der Waals surface area contributed by atoms with Crippen LogP contribution in [-0.4, -0.2) is 93.4 Å². The van der Waals surface area contributed by atoms with Crippen LogP contribution in [0.1, 0.15) is 84.0 Å². The van der Waals surface area contributed by atoms with Crippen molar-refractivity contribution < 1.29 is 58.2 Å². The highest BCUT2D eigenvalue weighted by Gasteiger charge is 2.77. The van der Waals surface area contributed by atoms with Crippen LogP contribution in [0.25, 0.3) is 0 Å². The lowest BCUT2D eigenvalue weighted by Gasteiger charge is -2.67. The van der Waals surface area contributed by atoms with Crippen molar-refractivity contribution in [2.75, 3.05) is 6.61 Å². The van der Waals surface area contributed by atoms with Gasteiger partial charge in [-0.1, -0.05) is 105 Å². The van der Waals surface area contributed by atoms with Gasteiger partial charge in [0, 0.05) is 50.6 Å². The molecule has 0 spiro atoms. The minimum atomic E-state index is -2.08. The normalized spacial score (nSPS) is 32.6. The summed E-state index contributed by atoms with van der Waals surface area (Å²) in [5.74, 6) is -5.37. The topological polar surface area (TPSA) is 187 Å². The number of carbonyl (C=O) groups excluding carboxylic acids is 4. The number of hydrogen-bond donors (Lipinski definition) is 4. The van der Waals surface area contributed by atoms with Crippen LogP contribution in [-0.2, 0) is 56.0 Å². The quantitative estimate of drug-likeness (QED) is 0.101. The Kier molecular flexibility index (Phi) is 12.7. The number of carbonyl (C=O) groups is 4. The van der Waals surface area contributed by atoms with E-state index in [0.717, 1.165) is 16.7 Å². The summed E-state index contributed by atoms with van der Waals surface area (Å²) in [6.45, 7) is 10.7. The first-order chi connectivity index (χ1) is 29.4. The van der Waals surface area contributed by atoms with Crippen LogP contribution >= 0.6 is 0 Å². The Morgan fingerprint density at radius 3 is 2.03 bits per heavy atom. The zero-order valence-corrected chi connectivity index (χ0v) is 36.4. The molecule has 1 aliphatic heterocycles. The van der Waals surface area contributed by atoms with Crippen LogP contribution < -0.4 is 5.32 Å². The molecule has 1 heterocycles. The van der Waals surface area contributed by atoms with Gasteiger partial charge in [-0.3, -0.25) is 19.2 Å². The van der Waals surface area contributed by atoms with E-state index in [1.807, 2.05) is 91.0 Å². The lowest BCUT2D eigenvalue weighted by molar-refractivity contribution is -0.351. The molecule has 2 saturated carbocycles. The lowest BCUT2D eigenvalue weighted by atomic mass is 9.44. The third-order valence-corrected chi connectivity index (χ3v) is 14.1. The Labute approximate surface area is 362 Å². The van der Waals surface area contributed by atoms with Gasteiger partial charge in [0.2, 0.25) is 0 Å². The van der Waals surface area contributed by atoms with E-state index in [2.05, 4.69) is 5.32 Å². The number of aliphatic hydroxyl groups excluding tert-OH is 2. The maximum Gasteiger partial charge on any atom is 0.314 e. The van der Waals surface area contributed by atoms with Gasteiger partial charge in [0.05, 0.1) is 36.9 Å². The number of hydrogen-bond acceptors (Lipinski definition) is 13. The molecule has 13 heteroatoms. The fourth-order valence-electron chi connectivity index (χ4n) is 10.9. The highest BCUT2D eigenvalue weighted by molar-refractivity contribution is 5.95. The summed E-state index contributed by atoms with van der Waals surface area (Å²) in [5, 5.41) is 40.9. The van der Waals surface area contributed by atoms with Crippen LogP contribution in [0.5, 0.6) is 0 Å². The van der Waals surface area contributed by atoms with E-state index in [9.17, 15) is 29.7 Å². The fraction of sp³-hybridized carbons (Fsp3) is 0.510. The third-order valence-electron chi connectivity index (χ3n) is 14.1. The van der Waals surface area contributed by atoms with Gasteiger partial charge < -0.3 is 44.3 Å². The van der Waals surface area contributed by atoms with E-state index in [1.165, 1.54) is 20.8 Å². The number of Topliss-reactive ketones (excluding diaryl/α,β-unsaturated/α-hetero) is 1. The first-order valence-corrected chi connectivity index (χ1v) is 21.4. The van der Waals surface area contributed by atoms with Crippen LogP contribution in [0.2, 0.25) is 0 Å². The maximum absolute atomic E-state index is 15.6. The smallest absolute Gasteiger partial charge is 0.314 e. The highest BCUT2D eigenvalue weighted by atomic mass is 16.6. The number of benzene rings is 3. The van der Waals surface area contributed by atoms with E-state index >= 15 is 4.79 Å². The minimum absolute atomic E-state index is 0.0613. The molecule has 0 amide bonds. The summed E-state index contributed by atoms with van der Waals surface area (Å²) in [6.07, 6.45) is -8.19. The average Bonchev–Trinajstić information content (AvgIpc) is 3.22. The molecule has 1 saturated heterocycles. The van der Waals surface area contributed by atoms with Gasteiger partial charge in [0.1, 0.15) is 23.7 Å². The molecule has 1 unspecified atom stereocenters. The summed E-state index contributed by atoms with van der Waals surface area (Å²) >= 11 is 0. The molecule has 4 aliphatic rings. The second kappa shape index (κ2) is 17.4. The molecular weight excluding hydrogens is 795 g/mol. The highest BCUT2D eigenvalue weighted by Crippen LogP contribution is 2.64. The monoisotopic (exact) mass is 853 g/mol. The Hall–Kier alpha value is -4.76. The van der Waals surface area contributed by atoms with Crippen LogP contribution in [0.3, 0.4) is 0 Å². The molecule has 3 fully saturated rings. The lowest BCUT2D eigenvalue weighted by Crippen LogP contribution is -2.81. The molecule has 4 N–H and O–H groups in total. The van der Waals surface area contributed by atoms with Crippen molar-refractivity contribution in [2.45, 2.75) is 128 Å². The number of rotatable bonds is 13. The molecule has 13 nitrogen and oxygen atoms in total. The van der Waals surface area contributed by atoms with Crippen molar-refractivity contribution in [3.05, 3.63) is 119 Å². The Bertz CT molecular complexity index is 2160. The zero-order valence-electron chi connectivity index (χ0n) is 36.4. The summed E-state index contributed by atoms with van der Waals surface area (Å²) in [4.78, 5) is 56.5. The van der Waals surface area contributed by atoms with Crippen molar-refractivity contribution in [1.29, 1.82) is 0 Å². The number of ketones is 1. The van der Waals surface area contributed by atoms with Gasteiger partial charge in [-0.05, 0) is 48.6 Å². The van der Waals surface area contributed by atoms with Gasteiger partial charge >= 0.3 is 17.9 Å². The van der Waals surface area contributed by atoms with Gasteiger partial charge in [-0.15, -0.1) is 0 Å². The van der Waals surface area contributed by atoms with Gasteiger partial charge in [-0.25, -0.2) is 0 Å². The second-order valence-electron chi connectivity index (χ2n) is 18.2. The number of ether oxygens (including phenoxy) is 5. The maximum atomic E-state index is 15.6. The molecule has 12 atom stereocenters. The molecule has 332 valence electrons. The van der Waals surface area contributed by atoms with Crippen molar-refractivity contribution in [2.24, 2.45) is 22.7 Å². The fourth-order valence-corrected chi connectivity index (χ4v) is 10.9. The zero-order chi connectivity index (χ0) is 44.8. The van der Waals surface area contributed by atoms with E-state index in [1.54, 1.807) is 27.7 Å². The SMILES string of the molecule is CC(=O)O[C@H]1C(=O)[C@@]2(C)[C@H]([C@H](OCc3ccccc3)[C@]3(O)C[C@H](OC(=O)C([C@H](C)O)[C@@H](NCc4ccccc4)c4ccccc4)C(C)=C1C3(C)C)[C@]1(OC(C)=O)CO[C@@H]1C[C@@H]2O. The molecule has 7 rings (SSSR count). The molecule has 0 aromatic heterocycles. The molecule has 2 bridgehead atoms. The summed E-state index contributed by atoms with van der Waals surface area (Å²) in [5.41, 5.74) is -3.97. The predicted octanol–water partition coefficient (Wildman–Crippen LogP) is 5.09. The van der Waals surface area contributed by atoms with E-state index in [-0.39, 0.29) is 31.6 Å². The summed E-state index contributed by atoms with van der Waals surface area (Å²) in [6, 6.07) is 27.4. The summed E-state index contributed by atoms with van der Waals surface area (Å²) in [7, 11) is 0. The molecule has 3 aromatic carbocycles. The molecule has 62 heavy (non-hydrogen) atoms. The molecule has 3 aliphatic carbocycles. The van der Waals surface area contributed by atoms with E-state index < -0.39 is 100 Å². The second-order valence-corrected chi connectivity index (χ2v) is 18.2. The van der Waals surface area contributed by atoms with Crippen LogP contribution in [0.15, 0.2) is 102 Å². The predicted molar refractivity (Wildman–Crippen MR) is 226 cm³/mol. The first kappa shape index (κ1) is 45.3. The van der Waals surface area contributed by atoms with E-state index in [4.69, 9.17) is 23.7 Å².